The van der Waals surface area contributed by atoms with Gasteiger partial charge in [-0.05, 0) is 44.0 Å². The van der Waals surface area contributed by atoms with E-state index in [2.05, 4.69) is 20.4 Å². The van der Waals surface area contributed by atoms with E-state index < -0.39 is 0 Å². The molecule has 0 spiro atoms. The van der Waals surface area contributed by atoms with E-state index in [1.165, 1.54) is 19.3 Å². The number of piperidine rings is 1. The first-order valence-electron chi connectivity index (χ1n) is 8.67. The van der Waals surface area contributed by atoms with Crippen molar-refractivity contribution < 1.29 is 9.53 Å². The van der Waals surface area contributed by atoms with Crippen LogP contribution in [0.3, 0.4) is 0 Å². The van der Waals surface area contributed by atoms with E-state index in [4.69, 9.17) is 4.74 Å². The Labute approximate surface area is 142 Å². The lowest BCUT2D eigenvalue weighted by atomic mass is 9.98. The Bertz CT molecular complexity index is 697. The van der Waals surface area contributed by atoms with E-state index in [-0.39, 0.29) is 5.91 Å². The second-order valence-corrected chi connectivity index (χ2v) is 6.48. The molecule has 1 aromatic heterocycles. The summed E-state index contributed by atoms with van der Waals surface area (Å²) in [5.74, 6) is 0.898. The number of H-pyrrole nitrogens is 1. The van der Waals surface area contributed by atoms with Crippen LogP contribution in [-0.4, -0.2) is 47.2 Å². The van der Waals surface area contributed by atoms with Gasteiger partial charge in [0.25, 0.3) is 0 Å². The van der Waals surface area contributed by atoms with E-state index in [0.717, 1.165) is 48.4 Å². The van der Waals surface area contributed by atoms with Crippen molar-refractivity contribution in [2.24, 2.45) is 0 Å². The van der Waals surface area contributed by atoms with Crippen molar-refractivity contribution in [3.8, 4) is 5.75 Å². The van der Waals surface area contributed by atoms with Crippen LogP contribution in [0.15, 0.2) is 18.2 Å². The normalized spacial score (nSPS) is 18.7. The number of hydrogen-bond donors (Lipinski definition) is 2. The van der Waals surface area contributed by atoms with Gasteiger partial charge in [-0.25, -0.2) is 0 Å². The molecular formula is C18H26N4O2. The SMILES string of the molecule is COc1ccc2n[nH]c(CN3CCCC[C@H]3CCNC(C)=O)c2c1. The number of methoxy groups -OCH3 is 1. The molecule has 0 saturated carbocycles. The predicted molar refractivity (Wildman–Crippen MR) is 94.0 cm³/mol. The molecule has 130 valence electrons. The molecule has 0 radical (unpaired) electrons. The van der Waals surface area contributed by atoms with Crippen molar-refractivity contribution >= 4 is 16.8 Å². The van der Waals surface area contributed by atoms with Crippen LogP contribution in [0.25, 0.3) is 10.9 Å². The summed E-state index contributed by atoms with van der Waals surface area (Å²) in [6.45, 7) is 4.26. The van der Waals surface area contributed by atoms with Gasteiger partial charge in [-0.1, -0.05) is 6.42 Å². The molecule has 0 unspecified atom stereocenters. The highest BCUT2D eigenvalue weighted by Crippen LogP contribution is 2.26. The van der Waals surface area contributed by atoms with E-state index >= 15 is 0 Å². The average Bonchev–Trinajstić information content (AvgIpc) is 2.98. The highest BCUT2D eigenvalue weighted by molar-refractivity contribution is 5.82. The van der Waals surface area contributed by atoms with Gasteiger partial charge in [0.15, 0.2) is 0 Å². The molecule has 24 heavy (non-hydrogen) atoms. The van der Waals surface area contributed by atoms with Gasteiger partial charge in [0.1, 0.15) is 5.75 Å². The highest BCUT2D eigenvalue weighted by Gasteiger charge is 2.23. The first-order valence-corrected chi connectivity index (χ1v) is 8.67. The molecule has 6 heteroatoms. The summed E-state index contributed by atoms with van der Waals surface area (Å²) in [4.78, 5) is 13.6. The number of nitrogens with one attached hydrogen (secondary N) is 2. The van der Waals surface area contributed by atoms with Gasteiger partial charge in [-0.15, -0.1) is 0 Å². The lowest BCUT2D eigenvalue weighted by Crippen LogP contribution is -2.41. The molecule has 1 aliphatic heterocycles. The summed E-state index contributed by atoms with van der Waals surface area (Å²) in [6, 6.07) is 6.47. The first-order chi connectivity index (χ1) is 11.7. The number of hydrogen-bond acceptors (Lipinski definition) is 4. The molecule has 2 N–H and O–H groups in total. The molecule has 2 aromatic rings. The fourth-order valence-corrected chi connectivity index (χ4v) is 3.50. The number of fused-ring (bicyclic) bond motifs is 1. The van der Waals surface area contributed by atoms with Crippen molar-refractivity contribution in [1.82, 2.24) is 20.4 Å². The average molecular weight is 330 g/mol. The van der Waals surface area contributed by atoms with Gasteiger partial charge >= 0.3 is 0 Å². The topological polar surface area (TPSA) is 70.2 Å². The van der Waals surface area contributed by atoms with E-state index in [9.17, 15) is 4.79 Å². The lowest BCUT2D eigenvalue weighted by molar-refractivity contribution is -0.119. The highest BCUT2D eigenvalue weighted by atomic mass is 16.5. The van der Waals surface area contributed by atoms with E-state index in [1.807, 2.05) is 18.2 Å². The lowest BCUT2D eigenvalue weighted by Gasteiger charge is -2.35. The predicted octanol–water partition coefficient (Wildman–Crippen LogP) is 2.45. The standard InChI is InChI=1S/C18H26N4O2/c1-13(23)19-9-8-14-5-3-4-10-22(14)12-18-16-11-15(24-2)6-7-17(16)20-21-18/h6-7,11,14H,3-5,8-10,12H2,1-2H3,(H,19,23)(H,20,21)/t14-/m0/s1. The maximum atomic E-state index is 11.1. The number of nitrogens with zero attached hydrogens (tertiary/aromatic N) is 2. The largest absolute Gasteiger partial charge is 0.497 e. The van der Waals surface area contributed by atoms with Crippen LogP contribution in [0.1, 0.15) is 38.3 Å². The number of aromatic nitrogens is 2. The quantitative estimate of drug-likeness (QED) is 0.853. The third kappa shape index (κ3) is 3.87. The second-order valence-electron chi connectivity index (χ2n) is 6.48. The Morgan fingerprint density at radius 3 is 3.12 bits per heavy atom. The minimum absolute atomic E-state index is 0.0454. The van der Waals surface area contributed by atoms with Crippen LogP contribution >= 0.6 is 0 Å². The molecule has 0 aliphatic carbocycles. The monoisotopic (exact) mass is 330 g/mol. The van der Waals surface area contributed by atoms with Gasteiger partial charge in [0.05, 0.1) is 18.3 Å². The van der Waals surface area contributed by atoms with Gasteiger partial charge in [0, 0.05) is 31.4 Å². The van der Waals surface area contributed by atoms with Crippen LogP contribution in [0.4, 0.5) is 0 Å². The summed E-state index contributed by atoms with van der Waals surface area (Å²) in [5.41, 5.74) is 2.10. The smallest absolute Gasteiger partial charge is 0.216 e. The minimum atomic E-state index is 0.0454. The molecule has 1 fully saturated rings. The number of aromatic amines is 1. The summed E-state index contributed by atoms with van der Waals surface area (Å²) < 4.78 is 5.34. The molecule has 1 aromatic carbocycles. The zero-order chi connectivity index (χ0) is 16.9. The number of rotatable bonds is 6. The first kappa shape index (κ1) is 16.8. The number of carbonyl (C=O) groups is 1. The van der Waals surface area contributed by atoms with Gasteiger partial charge in [0.2, 0.25) is 5.91 Å². The molecule has 2 heterocycles. The van der Waals surface area contributed by atoms with Crippen LogP contribution < -0.4 is 10.1 Å². The second kappa shape index (κ2) is 7.66. The van der Waals surface area contributed by atoms with Crippen LogP contribution in [0, 0.1) is 0 Å². The zero-order valence-corrected chi connectivity index (χ0v) is 14.5. The van der Waals surface area contributed by atoms with E-state index in [1.54, 1.807) is 14.0 Å². The number of likely N-dealkylation sites (tertiary alicyclic amines) is 1. The van der Waals surface area contributed by atoms with E-state index in [0.29, 0.717) is 6.04 Å². The van der Waals surface area contributed by atoms with Crippen molar-refractivity contribution in [2.45, 2.75) is 45.2 Å². The Hall–Kier alpha value is -2.08. The Kier molecular flexibility index (Phi) is 5.35. The molecule has 3 rings (SSSR count). The molecular weight excluding hydrogens is 304 g/mol. The third-order valence-corrected chi connectivity index (χ3v) is 4.80. The maximum absolute atomic E-state index is 11.1. The fourth-order valence-electron chi connectivity index (χ4n) is 3.50. The Balaban J connectivity index is 1.71. The Morgan fingerprint density at radius 2 is 2.33 bits per heavy atom. The minimum Gasteiger partial charge on any atom is -0.497 e. The summed E-state index contributed by atoms with van der Waals surface area (Å²) in [6.07, 6.45) is 4.68. The number of benzene rings is 1. The summed E-state index contributed by atoms with van der Waals surface area (Å²) in [7, 11) is 1.68. The van der Waals surface area contributed by atoms with Gasteiger partial charge < -0.3 is 10.1 Å². The maximum Gasteiger partial charge on any atom is 0.216 e. The third-order valence-electron chi connectivity index (χ3n) is 4.80. The summed E-state index contributed by atoms with van der Waals surface area (Å²) >= 11 is 0. The molecule has 1 aliphatic rings. The van der Waals surface area contributed by atoms with Crippen molar-refractivity contribution in [3.63, 3.8) is 0 Å². The number of ether oxygens (including phenoxy) is 1. The molecule has 1 atom stereocenters. The molecule has 1 saturated heterocycles. The fraction of sp³-hybridized carbons (Fsp3) is 0.556. The molecule has 6 nitrogen and oxygen atoms in total. The molecule has 0 bridgehead atoms. The van der Waals surface area contributed by atoms with Crippen molar-refractivity contribution in [3.05, 3.63) is 23.9 Å². The van der Waals surface area contributed by atoms with Gasteiger partial charge in [-0.2, -0.15) is 5.10 Å². The van der Waals surface area contributed by atoms with Gasteiger partial charge in [-0.3, -0.25) is 14.8 Å². The van der Waals surface area contributed by atoms with Crippen molar-refractivity contribution in [2.75, 3.05) is 20.2 Å². The van der Waals surface area contributed by atoms with Crippen LogP contribution in [-0.2, 0) is 11.3 Å². The van der Waals surface area contributed by atoms with Crippen molar-refractivity contribution in [1.29, 1.82) is 0 Å². The summed E-state index contributed by atoms with van der Waals surface area (Å²) in [5, 5.41) is 11.6. The van der Waals surface area contributed by atoms with Crippen LogP contribution in [0.2, 0.25) is 0 Å². The van der Waals surface area contributed by atoms with Crippen LogP contribution in [0.5, 0.6) is 5.75 Å². The zero-order valence-electron chi connectivity index (χ0n) is 14.5. The molecule has 1 amide bonds. The Morgan fingerprint density at radius 1 is 1.46 bits per heavy atom. The number of carbonyl (C=O) groups excluding carboxylic acids is 1. The number of amides is 1.